The lowest BCUT2D eigenvalue weighted by atomic mass is 10.1. The van der Waals surface area contributed by atoms with Crippen LogP contribution in [0.5, 0.6) is 0 Å². The summed E-state index contributed by atoms with van der Waals surface area (Å²) in [6, 6.07) is -4.31. The lowest BCUT2D eigenvalue weighted by Gasteiger charge is -2.23. The molecule has 0 radical (unpaired) electrons. The molecule has 0 rings (SSSR count). The van der Waals surface area contributed by atoms with E-state index in [1.807, 2.05) is 5.32 Å². The van der Waals surface area contributed by atoms with E-state index in [2.05, 4.69) is 10.6 Å². The maximum Gasteiger partial charge on any atom is 0.328 e. The molecule has 0 fully saturated rings. The lowest BCUT2D eigenvalue weighted by molar-refractivity contribution is -0.144. The van der Waals surface area contributed by atoms with Crippen molar-refractivity contribution < 1.29 is 44.4 Å². The Kier molecular flexibility index (Phi) is 10.6. The van der Waals surface area contributed by atoms with Crippen molar-refractivity contribution in [2.75, 3.05) is 13.2 Å². The maximum absolute atomic E-state index is 12.0. The van der Waals surface area contributed by atoms with Gasteiger partial charge in [0.25, 0.3) is 0 Å². The normalized spacial score (nSPS) is 15.0. The first-order valence-electron chi connectivity index (χ1n) is 7.86. The number of carbonyl (C=O) groups excluding carboxylic acids is 3. The molecule has 27 heavy (non-hydrogen) atoms. The van der Waals surface area contributed by atoms with Gasteiger partial charge < -0.3 is 42.1 Å². The largest absolute Gasteiger partial charge is 0.481 e. The van der Waals surface area contributed by atoms with E-state index in [0.717, 1.165) is 0 Å². The molecule has 4 atom stereocenters. The van der Waals surface area contributed by atoms with E-state index in [1.54, 1.807) is 0 Å². The Bertz CT molecular complexity index is 567. The zero-order valence-corrected chi connectivity index (χ0v) is 14.5. The molecule has 0 aromatic rings. The van der Waals surface area contributed by atoms with E-state index in [4.69, 9.17) is 21.1 Å². The van der Waals surface area contributed by atoms with Crippen LogP contribution in [0.25, 0.3) is 0 Å². The van der Waals surface area contributed by atoms with Gasteiger partial charge in [0.1, 0.15) is 12.1 Å². The Labute approximate surface area is 153 Å². The highest BCUT2D eigenvalue weighted by Crippen LogP contribution is 1.97. The molecule has 0 aliphatic heterocycles. The molecule has 154 valence electrons. The molecule has 3 amide bonds. The quantitative estimate of drug-likeness (QED) is 0.159. The van der Waals surface area contributed by atoms with Crippen molar-refractivity contribution >= 4 is 29.7 Å². The molecule has 13 nitrogen and oxygen atoms in total. The number of hydrogen-bond acceptors (Lipinski definition) is 8. The second-order valence-electron chi connectivity index (χ2n) is 5.62. The number of carbonyl (C=O) groups is 5. The van der Waals surface area contributed by atoms with Crippen LogP contribution in [0, 0.1) is 0 Å². The molecule has 4 unspecified atom stereocenters. The van der Waals surface area contributed by atoms with Crippen molar-refractivity contribution in [2.45, 2.75) is 44.0 Å². The number of aliphatic carboxylic acids is 2. The van der Waals surface area contributed by atoms with Gasteiger partial charge in [0.15, 0.2) is 0 Å². The van der Waals surface area contributed by atoms with Gasteiger partial charge in [0.2, 0.25) is 17.7 Å². The zero-order chi connectivity index (χ0) is 21.1. The van der Waals surface area contributed by atoms with Crippen LogP contribution in [-0.2, 0) is 24.0 Å². The van der Waals surface area contributed by atoms with Crippen molar-refractivity contribution in [2.24, 2.45) is 5.73 Å². The summed E-state index contributed by atoms with van der Waals surface area (Å²) in [6.07, 6.45) is -1.88. The number of nitrogens with two attached hydrogens (primary N) is 1. The third-order valence-corrected chi connectivity index (χ3v) is 3.31. The van der Waals surface area contributed by atoms with Gasteiger partial charge in [-0.1, -0.05) is 0 Å². The van der Waals surface area contributed by atoms with Gasteiger partial charge in [-0.05, 0) is 13.3 Å². The predicted molar refractivity (Wildman–Crippen MR) is 88.1 cm³/mol. The van der Waals surface area contributed by atoms with E-state index in [9.17, 15) is 29.1 Å². The fourth-order valence-electron chi connectivity index (χ4n) is 1.79. The first kappa shape index (κ1) is 24.2. The Balaban J connectivity index is 4.63. The second kappa shape index (κ2) is 11.8. The van der Waals surface area contributed by atoms with Gasteiger partial charge in [-0.15, -0.1) is 0 Å². The van der Waals surface area contributed by atoms with Crippen LogP contribution in [0.4, 0.5) is 0 Å². The maximum atomic E-state index is 12.0. The predicted octanol–water partition coefficient (Wildman–Crippen LogP) is -4.28. The standard InChI is InChI=1S/C14H24N4O9/c1-6(20)11(13(25)17-8(5-19)14(26)27)18-9(21)4-16-12(24)7(15)2-3-10(22)23/h6-8,11,19-20H,2-5,15H2,1H3,(H,16,24)(H,17,25)(H,18,21)(H,22,23)(H,26,27). The van der Waals surface area contributed by atoms with Gasteiger partial charge in [-0.2, -0.15) is 0 Å². The van der Waals surface area contributed by atoms with Crippen molar-refractivity contribution in [1.82, 2.24) is 16.0 Å². The molecule has 0 aliphatic carbocycles. The van der Waals surface area contributed by atoms with Crippen LogP contribution < -0.4 is 21.7 Å². The van der Waals surface area contributed by atoms with Crippen molar-refractivity contribution in [1.29, 1.82) is 0 Å². The molecular formula is C14H24N4O9. The van der Waals surface area contributed by atoms with Gasteiger partial charge in [0, 0.05) is 6.42 Å². The van der Waals surface area contributed by atoms with Crippen LogP contribution in [-0.4, -0.2) is 87.5 Å². The van der Waals surface area contributed by atoms with E-state index >= 15 is 0 Å². The van der Waals surface area contributed by atoms with E-state index in [1.165, 1.54) is 6.92 Å². The summed E-state index contributed by atoms with van der Waals surface area (Å²) < 4.78 is 0. The molecule has 0 bridgehead atoms. The highest BCUT2D eigenvalue weighted by atomic mass is 16.4. The van der Waals surface area contributed by atoms with Crippen LogP contribution in [0.2, 0.25) is 0 Å². The fourth-order valence-corrected chi connectivity index (χ4v) is 1.79. The number of carboxylic acid groups (broad SMARTS) is 2. The highest BCUT2D eigenvalue weighted by Gasteiger charge is 2.29. The van der Waals surface area contributed by atoms with E-state index in [-0.39, 0.29) is 12.8 Å². The summed E-state index contributed by atoms with van der Waals surface area (Å²) in [7, 11) is 0. The smallest absolute Gasteiger partial charge is 0.328 e. The van der Waals surface area contributed by atoms with Crippen LogP contribution in [0.1, 0.15) is 19.8 Å². The van der Waals surface area contributed by atoms with Gasteiger partial charge in [-0.25, -0.2) is 4.79 Å². The zero-order valence-electron chi connectivity index (χ0n) is 14.5. The average molecular weight is 392 g/mol. The van der Waals surface area contributed by atoms with Crippen LogP contribution in [0.15, 0.2) is 0 Å². The average Bonchev–Trinajstić information content (AvgIpc) is 2.58. The van der Waals surface area contributed by atoms with Crippen molar-refractivity contribution in [3.05, 3.63) is 0 Å². The third-order valence-electron chi connectivity index (χ3n) is 3.31. The Morgan fingerprint density at radius 2 is 1.63 bits per heavy atom. The number of nitrogens with one attached hydrogen (secondary N) is 3. The topological polar surface area (TPSA) is 228 Å². The summed E-state index contributed by atoms with van der Waals surface area (Å²) in [4.78, 5) is 56.6. The Hall–Kier alpha value is -2.77. The molecule has 0 aromatic heterocycles. The van der Waals surface area contributed by atoms with Gasteiger partial charge >= 0.3 is 11.9 Å². The number of rotatable bonds is 12. The summed E-state index contributed by atoms with van der Waals surface area (Å²) in [5, 5.41) is 42.0. The molecular weight excluding hydrogens is 368 g/mol. The monoisotopic (exact) mass is 392 g/mol. The molecule has 13 heteroatoms. The second-order valence-corrected chi connectivity index (χ2v) is 5.62. The number of aliphatic hydroxyl groups is 2. The van der Waals surface area contributed by atoms with Crippen molar-refractivity contribution in [3.63, 3.8) is 0 Å². The number of carboxylic acids is 2. The minimum absolute atomic E-state index is 0.140. The fraction of sp³-hybridized carbons (Fsp3) is 0.643. The van der Waals surface area contributed by atoms with Crippen molar-refractivity contribution in [3.8, 4) is 0 Å². The first-order valence-corrected chi connectivity index (χ1v) is 7.86. The summed E-state index contributed by atoms with van der Waals surface area (Å²) in [6.45, 7) is -0.343. The molecule has 0 aliphatic rings. The molecule has 0 heterocycles. The summed E-state index contributed by atoms with van der Waals surface area (Å²) in [5.41, 5.74) is 5.46. The first-order chi connectivity index (χ1) is 12.5. The lowest BCUT2D eigenvalue weighted by Crippen LogP contribution is -2.57. The summed E-state index contributed by atoms with van der Waals surface area (Å²) >= 11 is 0. The molecule has 0 saturated heterocycles. The van der Waals surface area contributed by atoms with Crippen LogP contribution >= 0.6 is 0 Å². The van der Waals surface area contributed by atoms with Gasteiger partial charge in [-0.3, -0.25) is 19.2 Å². The van der Waals surface area contributed by atoms with Gasteiger partial charge in [0.05, 0.1) is 25.3 Å². The van der Waals surface area contributed by atoms with Crippen LogP contribution in [0.3, 0.4) is 0 Å². The SMILES string of the molecule is CC(O)C(NC(=O)CNC(=O)C(N)CCC(=O)O)C(=O)NC(CO)C(=O)O. The van der Waals surface area contributed by atoms with E-state index in [0.29, 0.717) is 0 Å². The highest BCUT2D eigenvalue weighted by molar-refractivity contribution is 5.92. The van der Waals surface area contributed by atoms with E-state index < -0.39 is 67.0 Å². The number of amides is 3. The third kappa shape index (κ3) is 9.48. The molecule has 9 N–H and O–H groups in total. The number of aliphatic hydroxyl groups excluding tert-OH is 2. The minimum Gasteiger partial charge on any atom is -0.481 e. The molecule has 0 saturated carbocycles. The molecule has 0 spiro atoms. The molecule has 0 aromatic carbocycles. The Morgan fingerprint density at radius 3 is 2.07 bits per heavy atom. The minimum atomic E-state index is -1.62. The summed E-state index contributed by atoms with van der Waals surface area (Å²) in [5.74, 6) is -5.36. The Morgan fingerprint density at radius 1 is 1.04 bits per heavy atom. The number of hydrogen-bond donors (Lipinski definition) is 8.